The number of hydrogen-bond acceptors (Lipinski definition) is 2. The van der Waals surface area contributed by atoms with Crippen molar-refractivity contribution in [1.29, 1.82) is 0 Å². The van der Waals surface area contributed by atoms with Gasteiger partial charge in [0.25, 0.3) is 0 Å². The molecule has 1 aromatic rings. The molecule has 1 aromatic heterocycles. The van der Waals surface area contributed by atoms with Crippen molar-refractivity contribution in [2.24, 2.45) is 11.8 Å². The van der Waals surface area contributed by atoms with E-state index in [9.17, 15) is 0 Å². The van der Waals surface area contributed by atoms with Crippen molar-refractivity contribution in [1.82, 2.24) is 14.7 Å². The number of rotatable bonds is 4. The van der Waals surface area contributed by atoms with Crippen molar-refractivity contribution in [2.45, 2.75) is 52.6 Å². The summed E-state index contributed by atoms with van der Waals surface area (Å²) < 4.78 is 3.42. The third-order valence-electron chi connectivity index (χ3n) is 4.87. The second-order valence-corrected chi connectivity index (χ2v) is 6.81. The van der Waals surface area contributed by atoms with Crippen LogP contribution in [0.25, 0.3) is 0 Å². The molecule has 2 heterocycles. The molecule has 2 atom stereocenters. The molecule has 3 nitrogen and oxygen atoms in total. The summed E-state index contributed by atoms with van der Waals surface area (Å²) in [7, 11) is 0. The summed E-state index contributed by atoms with van der Waals surface area (Å²) in [6.45, 7) is 8.99. The van der Waals surface area contributed by atoms with Crippen LogP contribution in [0.15, 0.2) is 4.47 Å². The van der Waals surface area contributed by atoms with E-state index in [1.165, 1.54) is 48.2 Å². The van der Waals surface area contributed by atoms with Crippen molar-refractivity contribution in [2.75, 3.05) is 13.1 Å². The Morgan fingerprint density at radius 1 is 1.21 bits per heavy atom. The molecular weight excluding hydrogens is 302 g/mol. The molecule has 2 aliphatic rings. The SMILES string of the molecule is CCc1nn(CC)c(CN2CC3CCCC3C2)c1Br. The van der Waals surface area contributed by atoms with Crippen LogP contribution in [0.5, 0.6) is 0 Å². The first-order valence-electron chi connectivity index (χ1n) is 7.69. The molecule has 0 bridgehead atoms. The number of halogens is 1. The van der Waals surface area contributed by atoms with Crippen LogP contribution in [0.3, 0.4) is 0 Å². The van der Waals surface area contributed by atoms with Crippen LogP contribution < -0.4 is 0 Å². The van der Waals surface area contributed by atoms with Gasteiger partial charge in [0.15, 0.2) is 0 Å². The molecule has 106 valence electrons. The van der Waals surface area contributed by atoms with Gasteiger partial charge >= 0.3 is 0 Å². The maximum atomic E-state index is 4.70. The Kier molecular flexibility index (Phi) is 3.99. The lowest BCUT2D eigenvalue weighted by Gasteiger charge is -2.17. The molecule has 0 radical (unpaired) electrons. The van der Waals surface area contributed by atoms with Gasteiger partial charge in [-0.3, -0.25) is 9.58 Å². The van der Waals surface area contributed by atoms with Crippen LogP contribution in [0, 0.1) is 11.8 Å². The molecule has 2 unspecified atom stereocenters. The quantitative estimate of drug-likeness (QED) is 0.845. The molecule has 2 fully saturated rings. The van der Waals surface area contributed by atoms with Crippen molar-refractivity contribution in [3.63, 3.8) is 0 Å². The Bertz CT molecular complexity index is 442. The average Bonchev–Trinajstić information content (AvgIpc) is 3.05. The van der Waals surface area contributed by atoms with Gasteiger partial charge in [0.2, 0.25) is 0 Å². The Labute approximate surface area is 124 Å². The summed E-state index contributed by atoms with van der Waals surface area (Å²) in [6, 6.07) is 0. The molecule has 0 amide bonds. The highest BCUT2D eigenvalue weighted by molar-refractivity contribution is 9.10. The minimum Gasteiger partial charge on any atom is -0.297 e. The Morgan fingerprint density at radius 3 is 2.47 bits per heavy atom. The number of fused-ring (bicyclic) bond motifs is 1. The smallest absolute Gasteiger partial charge is 0.0767 e. The fourth-order valence-electron chi connectivity index (χ4n) is 3.84. The van der Waals surface area contributed by atoms with Crippen molar-refractivity contribution < 1.29 is 0 Å². The van der Waals surface area contributed by atoms with Crippen LogP contribution in [0.2, 0.25) is 0 Å². The molecule has 3 rings (SSSR count). The molecular formula is C15H24BrN3. The fourth-order valence-corrected chi connectivity index (χ4v) is 4.53. The van der Waals surface area contributed by atoms with Gasteiger partial charge in [-0.2, -0.15) is 5.10 Å². The second-order valence-electron chi connectivity index (χ2n) is 6.02. The highest BCUT2D eigenvalue weighted by Crippen LogP contribution is 2.38. The summed E-state index contributed by atoms with van der Waals surface area (Å²) in [4.78, 5) is 2.64. The van der Waals surface area contributed by atoms with Crippen LogP contribution >= 0.6 is 15.9 Å². The monoisotopic (exact) mass is 325 g/mol. The van der Waals surface area contributed by atoms with Gasteiger partial charge in [0.1, 0.15) is 0 Å². The first-order valence-corrected chi connectivity index (χ1v) is 8.48. The normalized spacial score (nSPS) is 27.1. The van der Waals surface area contributed by atoms with Gasteiger partial charge in [0.05, 0.1) is 15.9 Å². The standard InChI is InChI=1S/C15H24BrN3/c1-3-13-15(16)14(19(4-2)17-13)10-18-8-11-6-5-7-12(11)9-18/h11-12H,3-10H2,1-2H3. The van der Waals surface area contributed by atoms with Gasteiger partial charge in [-0.1, -0.05) is 13.3 Å². The zero-order valence-electron chi connectivity index (χ0n) is 12.0. The van der Waals surface area contributed by atoms with E-state index >= 15 is 0 Å². The van der Waals surface area contributed by atoms with E-state index < -0.39 is 0 Å². The summed E-state index contributed by atoms with van der Waals surface area (Å²) in [6.07, 6.45) is 5.37. The third kappa shape index (κ3) is 2.49. The summed E-state index contributed by atoms with van der Waals surface area (Å²) in [5, 5.41) is 4.70. The van der Waals surface area contributed by atoms with E-state index in [0.717, 1.165) is 31.3 Å². The van der Waals surface area contributed by atoms with Crippen LogP contribution in [-0.2, 0) is 19.5 Å². The van der Waals surface area contributed by atoms with Gasteiger partial charge in [0, 0.05) is 26.2 Å². The van der Waals surface area contributed by atoms with E-state index in [-0.39, 0.29) is 0 Å². The lowest BCUT2D eigenvalue weighted by atomic mass is 10.0. The number of aryl methyl sites for hydroxylation is 2. The third-order valence-corrected chi connectivity index (χ3v) is 5.78. The first-order chi connectivity index (χ1) is 9.22. The van der Waals surface area contributed by atoms with Gasteiger partial charge in [-0.15, -0.1) is 0 Å². The van der Waals surface area contributed by atoms with E-state index in [4.69, 9.17) is 5.10 Å². The fraction of sp³-hybridized carbons (Fsp3) is 0.800. The molecule has 1 aliphatic carbocycles. The molecule has 0 aromatic carbocycles. The van der Waals surface area contributed by atoms with Crippen LogP contribution in [0.1, 0.15) is 44.5 Å². The predicted molar refractivity (Wildman–Crippen MR) is 81.1 cm³/mol. The van der Waals surface area contributed by atoms with Gasteiger partial charge in [-0.25, -0.2) is 0 Å². The molecule has 1 aliphatic heterocycles. The number of aromatic nitrogens is 2. The summed E-state index contributed by atoms with van der Waals surface area (Å²) >= 11 is 3.76. The molecule has 0 N–H and O–H groups in total. The maximum absolute atomic E-state index is 4.70. The largest absolute Gasteiger partial charge is 0.297 e. The first kappa shape index (κ1) is 13.6. The topological polar surface area (TPSA) is 21.1 Å². The van der Waals surface area contributed by atoms with E-state index in [0.29, 0.717) is 0 Å². The Morgan fingerprint density at radius 2 is 1.89 bits per heavy atom. The highest BCUT2D eigenvalue weighted by Gasteiger charge is 2.36. The van der Waals surface area contributed by atoms with Crippen molar-refractivity contribution >= 4 is 15.9 Å². The number of nitrogens with zero attached hydrogens (tertiary/aromatic N) is 3. The number of hydrogen-bond donors (Lipinski definition) is 0. The van der Waals surface area contributed by atoms with Crippen LogP contribution in [0.4, 0.5) is 0 Å². The molecule has 4 heteroatoms. The minimum absolute atomic E-state index is 0.967. The molecule has 1 saturated carbocycles. The van der Waals surface area contributed by atoms with E-state index in [1.54, 1.807) is 0 Å². The highest BCUT2D eigenvalue weighted by atomic mass is 79.9. The number of likely N-dealkylation sites (tertiary alicyclic amines) is 1. The molecule has 19 heavy (non-hydrogen) atoms. The summed E-state index contributed by atoms with van der Waals surface area (Å²) in [5.41, 5.74) is 2.58. The van der Waals surface area contributed by atoms with E-state index in [1.807, 2.05) is 0 Å². The maximum Gasteiger partial charge on any atom is 0.0767 e. The average molecular weight is 326 g/mol. The van der Waals surface area contributed by atoms with E-state index in [2.05, 4.69) is 39.4 Å². The predicted octanol–water partition coefficient (Wildman–Crippen LogP) is 3.46. The lowest BCUT2D eigenvalue weighted by molar-refractivity contribution is 0.292. The van der Waals surface area contributed by atoms with Crippen molar-refractivity contribution in [3.05, 3.63) is 15.9 Å². The Hall–Kier alpha value is -0.350. The minimum atomic E-state index is 0.967. The zero-order valence-corrected chi connectivity index (χ0v) is 13.6. The zero-order chi connectivity index (χ0) is 13.4. The summed E-state index contributed by atoms with van der Waals surface area (Å²) in [5.74, 6) is 1.95. The van der Waals surface area contributed by atoms with Gasteiger partial charge < -0.3 is 0 Å². The lowest BCUT2D eigenvalue weighted by Crippen LogP contribution is -2.23. The second kappa shape index (κ2) is 5.57. The van der Waals surface area contributed by atoms with Gasteiger partial charge in [-0.05, 0) is 54.0 Å². The van der Waals surface area contributed by atoms with Crippen LogP contribution in [-0.4, -0.2) is 27.8 Å². The molecule has 1 saturated heterocycles. The van der Waals surface area contributed by atoms with Crippen molar-refractivity contribution in [3.8, 4) is 0 Å². The molecule has 0 spiro atoms. The Balaban J connectivity index is 1.74.